The average Bonchev–Trinajstić information content (AvgIpc) is 1.90. The number of thiocarbonyl (C=S) groups is 1. The lowest BCUT2D eigenvalue weighted by molar-refractivity contribution is -0.115. The van der Waals surface area contributed by atoms with E-state index in [-0.39, 0.29) is 5.78 Å². The molecule has 0 fully saturated rings. The van der Waals surface area contributed by atoms with Crippen LogP contribution in [0.3, 0.4) is 0 Å². The van der Waals surface area contributed by atoms with Crippen molar-refractivity contribution in [2.75, 3.05) is 0 Å². The Hall–Kier alpha value is -0.500. The van der Waals surface area contributed by atoms with Crippen LogP contribution >= 0.6 is 12.2 Å². The van der Waals surface area contributed by atoms with Crippen LogP contribution in [0, 0.1) is 5.92 Å². The van der Waals surface area contributed by atoms with E-state index in [0.717, 1.165) is 6.42 Å². The molecule has 0 saturated carbocycles. The molecule has 48 valence electrons. The summed E-state index contributed by atoms with van der Waals surface area (Å²) >= 11 is 4.72. The molecule has 0 saturated heterocycles. The number of rotatable bonds is 1. The maximum atomic E-state index is 10.6. The van der Waals surface area contributed by atoms with Gasteiger partial charge in [0.05, 0.1) is 0 Å². The Morgan fingerprint density at radius 3 is 3.00 bits per heavy atom. The fourth-order valence-electron chi connectivity index (χ4n) is 0.833. The Morgan fingerprint density at radius 2 is 2.56 bits per heavy atom. The molecule has 1 unspecified atom stereocenters. The maximum Gasteiger partial charge on any atom is 0.155 e. The summed E-state index contributed by atoms with van der Waals surface area (Å²) in [5, 5.41) is 1.71. The molecule has 1 aliphatic carbocycles. The first-order valence-corrected chi connectivity index (χ1v) is 3.46. The van der Waals surface area contributed by atoms with Gasteiger partial charge in [-0.2, -0.15) is 0 Å². The van der Waals surface area contributed by atoms with Crippen LogP contribution in [0.2, 0.25) is 0 Å². The van der Waals surface area contributed by atoms with Crippen molar-refractivity contribution in [1.82, 2.24) is 0 Å². The van der Waals surface area contributed by atoms with E-state index in [1.54, 1.807) is 11.4 Å². The number of carbonyl (C=O) groups excluding carboxylic acids is 1. The zero-order valence-corrected chi connectivity index (χ0v) is 5.86. The van der Waals surface area contributed by atoms with Crippen LogP contribution in [0.1, 0.15) is 12.8 Å². The number of allylic oxidation sites excluding steroid dienone is 2. The van der Waals surface area contributed by atoms with Crippen LogP contribution in [0.5, 0.6) is 0 Å². The van der Waals surface area contributed by atoms with E-state index in [4.69, 9.17) is 12.2 Å². The average molecular weight is 140 g/mol. The highest BCUT2D eigenvalue weighted by Gasteiger charge is 2.08. The Labute approximate surface area is 59.8 Å². The second kappa shape index (κ2) is 2.87. The lowest BCUT2D eigenvalue weighted by Gasteiger charge is -2.08. The van der Waals surface area contributed by atoms with Gasteiger partial charge in [-0.3, -0.25) is 4.79 Å². The molecular weight excluding hydrogens is 132 g/mol. The molecule has 0 bridgehead atoms. The summed E-state index contributed by atoms with van der Waals surface area (Å²) < 4.78 is 0. The van der Waals surface area contributed by atoms with Crippen LogP contribution in [0.4, 0.5) is 0 Å². The Kier molecular flexibility index (Phi) is 2.11. The summed E-state index contributed by atoms with van der Waals surface area (Å²) in [5.74, 6) is 0.584. The zero-order valence-electron chi connectivity index (χ0n) is 5.04. The molecule has 0 aromatic carbocycles. The van der Waals surface area contributed by atoms with Gasteiger partial charge in [-0.1, -0.05) is 18.3 Å². The first kappa shape index (κ1) is 6.62. The van der Waals surface area contributed by atoms with Gasteiger partial charge >= 0.3 is 0 Å². The summed E-state index contributed by atoms with van der Waals surface area (Å²) in [6.07, 6.45) is 5.06. The van der Waals surface area contributed by atoms with Gasteiger partial charge in [0.1, 0.15) is 0 Å². The molecule has 0 amide bonds. The molecule has 9 heavy (non-hydrogen) atoms. The van der Waals surface area contributed by atoms with Gasteiger partial charge in [0, 0.05) is 12.3 Å². The molecule has 0 radical (unpaired) electrons. The second-order valence-corrected chi connectivity index (χ2v) is 2.44. The molecule has 0 spiro atoms. The Balaban J connectivity index is 2.57. The van der Waals surface area contributed by atoms with E-state index in [1.165, 1.54) is 0 Å². The van der Waals surface area contributed by atoms with Crippen molar-refractivity contribution >= 4 is 23.4 Å². The molecule has 0 aromatic rings. The summed E-state index contributed by atoms with van der Waals surface area (Å²) in [6, 6.07) is 0. The molecule has 0 aliphatic heterocycles. The second-order valence-electron chi connectivity index (χ2n) is 2.16. The molecular formula is C7H8OS. The molecule has 1 rings (SSSR count). The monoisotopic (exact) mass is 140 g/mol. The van der Waals surface area contributed by atoms with Crippen molar-refractivity contribution in [2.24, 2.45) is 5.92 Å². The summed E-state index contributed by atoms with van der Waals surface area (Å²) in [4.78, 5) is 10.6. The number of hydrogen-bond acceptors (Lipinski definition) is 2. The van der Waals surface area contributed by atoms with Crippen molar-refractivity contribution in [3.63, 3.8) is 0 Å². The molecule has 1 aliphatic rings. The van der Waals surface area contributed by atoms with E-state index in [2.05, 4.69) is 0 Å². The third-order valence-corrected chi connectivity index (χ3v) is 1.78. The molecule has 1 nitrogen and oxygen atoms in total. The highest BCUT2D eigenvalue weighted by atomic mass is 32.1. The smallest absolute Gasteiger partial charge is 0.155 e. The van der Waals surface area contributed by atoms with Gasteiger partial charge < -0.3 is 0 Å². The summed E-state index contributed by atoms with van der Waals surface area (Å²) in [5.41, 5.74) is 0. The van der Waals surface area contributed by atoms with Gasteiger partial charge in [0.25, 0.3) is 0 Å². The molecule has 2 heteroatoms. The SMILES string of the molecule is O=C1C=CC(C=S)CC1. The van der Waals surface area contributed by atoms with Crippen molar-refractivity contribution < 1.29 is 4.79 Å². The Bertz CT molecular complexity index is 160. The van der Waals surface area contributed by atoms with Gasteiger partial charge in [-0.05, 0) is 17.9 Å². The zero-order chi connectivity index (χ0) is 6.69. The lowest BCUT2D eigenvalue weighted by Crippen LogP contribution is -2.07. The minimum absolute atomic E-state index is 0.225. The number of hydrogen-bond donors (Lipinski definition) is 0. The summed E-state index contributed by atoms with van der Waals surface area (Å²) in [6.45, 7) is 0. The quantitative estimate of drug-likeness (QED) is 0.514. The van der Waals surface area contributed by atoms with Gasteiger partial charge in [0.2, 0.25) is 0 Å². The highest BCUT2D eigenvalue weighted by Crippen LogP contribution is 2.12. The fourth-order valence-corrected chi connectivity index (χ4v) is 1.06. The van der Waals surface area contributed by atoms with Gasteiger partial charge in [0.15, 0.2) is 5.78 Å². The predicted octanol–water partition coefficient (Wildman–Crippen LogP) is 1.52. The topological polar surface area (TPSA) is 17.1 Å². The van der Waals surface area contributed by atoms with Gasteiger partial charge in [-0.25, -0.2) is 0 Å². The van der Waals surface area contributed by atoms with E-state index in [0.29, 0.717) is 12.3 Å². The van der Waals surface area contributed by atoms with E-state index in [1.807, 2.05) is 6.08 Å². The predicted molar refractivity (Wildman–Crippen MR) is 40.5 cm³/mol. The van der Waals surface area contributed by atoms with Gasteiger partial charge in [-0.15, -0.1) is 0 Å². The third kappa shape index (κ3) is 1.72. The van der Waals surface area contributed by atoms with E-state index >= 15 is 0 Å². The normalized spacial score (nSPS) is 26.2. The van der Waals surface area contributed by atoms with Crippen LogP contribution in [0.15, 0.2) is 12.2 Å². The van der Waals surface area contributed by atoms with Crippen LogP contribution < -0.4 is 0 Å². The molecule has 0 aromatic heterocycles. The largest absolute Gasteiger partial charge is 0.295 e. The maximum absolute atomic E-state index is 10.6. The molecule has 0 heterocycles. The third-order valence-electron chi connectivity index (χ3n) is 1.43. The van der Waals surface area contributed by atoms with Crippen LogP contribution in [-0.4, -0.2) is 11.2 Å². The van der Waals surface area contributed by atoms with Crippen LogP contribution in [-0.2, 0) is 4.79 Å². The lowest BCUT2D eigenvalue weighted by atomic mass is 9.97. The number of carbonyl (C=O) groups is 1. The summed E-state index contributed by atoms with van der Waals surface area (Å²) in [7, 11) is 0. The number of ketones is 1. The first-order chi connectivity index (χ1) is 4.33. The standard InChI is InChI=1S/C7H8OS/c8-7-3-1-6(5-9)2-4-7/h1,3,5-6H,2,4H2. The van der Waals surface area contributed by atoms with Crippen molar-refractivity contribution in [1.29, 1.82) is 0 Å². The fraction of sp³-hybridized carbons (Fsp3) is 0.429. The van der Waals surface area contributed by atoms with Crippen molar-refractivity contribution in [3.8, 4) is 0 Å². The minimum atomic E-state index is 0.225. The molecule has 1 atom stereocenters. The van der Waals surface area contributed by atoms with Crippen LogP contribution in [0.25, 0.3) is 0 Å². The van der Waals surface area contributed by atoms with E-state index in [9.17, 15) is 4.79 Å². The van der Waals surface area contributed by atoms with E-state index < -0.39 is 0 Å². The molecule has 0 N–H and O–H groups in total. The first-order valence-electron chi connectivity index (χ1n) is 2.99. The van der Waals surface area contributed by atoms with Crippen molar-refractivity contribution in [2.45, 2.75) is 12.8 Å². The minimum Gasteiger partial charge on any atom is -0.295 e. The Morgan fingerprint density at radius 1 is 1.78 bits per heavy atom. The van der Waals surface area contributed by atoms with Crippen molar-refractivity contribution in [3.05, 3.63) is 12.2 Å². The highest BCUT2D eigenvalue weighted by molar-refractivity contribution is 7.79.